The second kappa shape index (κ2) is 3.75. The van der Waals surface area contributed by atoms with Crippen molar-refractivity contribution in [2.24, 2.45) is 5.92 Å². The lowest BCUT2D eigenvalue weighted by Gasteiger charge is -2.28. The van der Waals surface area contributed by atoms with E-state index in [0.29, 0.717) is 6.04 Å². The number of hydrogen-bond donors (Lipinski definition) is 2. The molecule has 2 heteroatoms. The average molecular weight is 169 g/mol. The molecule has 0 aromatic carbocycles. The maximum atomic E-state index is 9.53. The number of rotatable bonds is 3. The van der Waals surface area contributed by atoms with Gasteiger partial charge in [-0.2, -0.15) is 0 Å². The number of aliphatic hydroxyl groups is 1. The third-order valence-corrected chi connectivity index (χ3v) is 3.37. The van der Waals surface area contributed by atoms with Gasteiger partial charge < -0.3 is 10.4 Å². The van der Waals surface area contributed by atoms with Crippen LogP contribution in [-0.4, -0.2) is 23.8 Å². The summed E-state index contributed by atoms with van der Waals surface area (Å²) in [5, 5.41) is 13.0. The predicted molar refractivity (Wildman–Crippen MR) is 49.0 cm³/mol. The van der Waals surface area contributed by atoms with E-state index < -0.39 is 0 Å². The molecule has 2 atom stereocenters. The van der Waals surface area contributed by atoms with E-state index in [2.05, 4.69) is 5.32 Å². The highest BCUT2D eigenvalue weighted by Gasteiger charge is 2.26. The fourth-order valence-electron chi connectivity index (χ4n) is 2.19. The molecule has 0 aromatic rings. The Morgan fingerprint density at radius 3 is 2.33 bits per heavy atom. The van der Waals surface area contributed by atoms with Gasteiger partial charge in [-0.15, -0.1) is 0 Å². The summed E-state index contributed by atoms with van der Waals surface area (Å²) in [6.07, 6.45) is 7.52. The summed E-state index contributed by atoms with van der Waals surface area (Å²) in [5.74, 6) is 0.915. The quantitative estimate of drug-likeness (QED) is 0.667. The maximum absolute atomic E-state index is 9.53. The molecule has 2 saturated carbocycles. The molecule has 2 fully saturated rings. The standard InChI is InChI=1S/C10H19NO/c12-10-6-2-5-9(10)11-7-8-3-1-4-8/h8-12H,1-7H2/t9-,10-/m0/s1. The van der Waals surface area contributed by atoms with Crippen LogP contribution in [-0.2, 0) is 0 Å². The van der Waals surface area contributed by atoms with Crippen LogP contribution in [0, 0.1) is 5.92 Å². The zero-order chi connectivity index (χ0) is 8.39. The molecule has 0 aliphatic heterocycles. The molecule has 0 saturated heterocycles. The van der Waals surface area contributed by atoms with Gasteiger partial charge in [-0.3, -0.25) is 0 Å². The average Bonchev–Trinajstić information content (AvgIpc) is 2.33. The monoisotopic (exact) mass is 169 g/mol. The van der Waals surface area contributed by atoms with Crippen LogP contribution in [0.4, 0.5) is 0 Å². The number of aliphatic hydroxyl groups excluding tert-OH is 1. The van der Waals surface area contributed by atoms with Crippen molar-refractivity contribution in [3.63, 3.8) is 0 Å². The van der Waals surface area contributed by atoms with Crippen molar-refractivity contribution in [1.29, 1.82) is 0 Å². The fourth-order valence-corrected chi connectivity index (χ4v) is 2.19. The van der Waals surface area contributed by atoms with Crippen molar-refractivity contribution in [1.82, 2.24) is 5.32 Å². The molecule has 0 amide bonds. The highest BCUT2D eigenvalue weighted by Crippen LogP contribution is 2.26. The summed E-state index contributed by atoms with van der Waals surface area (Å²) < 4.78 is 0. The molecule has 0 spiro atoms. The molecule has 2 nitrogen and oxygen atoms in total. The molecule has 0 aromatic heterocycles. The number of nitrogens with one attached hydrogen (secondary N) is 1. The Morgan fingerprint density at radius 1 is 1.08 bits per heavy atom. The van der Waals surface area contributed by atoms with E-state index in [4.69, 9.17) is 0 Å². The molecule has 70 valence electrons. The first-order valence-corrected chi connectivity index (χ1v) is 5.28. The molecule has 0 bridgehead atoms. The zero-order valence-electron chi connectivity index (χ0n) is 7.63. The van der Waals surface area contributed by atoms with Crippen LogP contribution in [0.15, 0.2) is 0 Å². The minimum absolute atomic E-state index is 0.0647. The first kappa shape index (κ1) is 8.52. The van der Waals surface area contributed by atoms with Crippen molar-refractivity contribution in [2.45, 2.75) is 50.7 Å². The van der Waals surface area contributed by atoms with E-state index in [1.807, 2.05) is 0 Å². The van der Waals surface area contributed by atoms with Crippen LogP contribution in [0.2, 0.25) is 0 Å². The Kier molecular flexibility index (Phi) is 2.66. The van der Waals surface area contributed by atoms with Crippen LogP contribution in [0.25, 0.3) is 0 Å². The van der Waals surface area contributed by atoms with Crippen LogP contribution in [0.5, 0.6) is 0 Å². The molecule has 2 rings (SSSR count). The van der Waals surface area contributed by atoms with Crippen molar-refractivity contribution in [2.75, 3.05) is 6.54 Å². The van der Waals surface area contributed by atoms with Gasteiger partial charge in [-0.05, 0) is 44.6 Å². The molecular formula is C10H19NO. The second-order valence-corrected chi connectivity index (χ2v) is 4.31. The Morgan fingerprint density at radius 2 is 1.83 bits per heavy atom. The summed E-state index contributed by atoms with van der Waals surface area (Å²) in [6, 6.07) is 0.408. The predicted octanol–water partition coefficient (Wildman–Crippen LogP) is 1.29. The summed E-state index contributed by atoms with van der Waals surface area (Å²) in [7, 11) is 0. The van der Waals surface area contributed by atoms with Crippen LogP contribution < -0.4 is 5.32 Å². The van der Waals surface area contributed by atoms with E-state index >= 15 is 0 Å². The molecule has 0 heterocycles. The van der Waals surface area contributed by atoms with E-state index in [1.54, 1.807) is 0 Å². The van der Waals surface area contributed by atoms with Gasteiger partial charge in [0.25, 0.3) is 0 Å². The Bertz CT molecular complexity index is 145. The van der Waals surface area contributed by atoms with Crippen LogP contribution in [0.1, 0.15) is 38.5 Å². The van der Waals surface area contributed by atoms with Crippen molar-refractivity contribution >= 4 is 0 Å². The molecule has 0 radical (unpaired) electrons. The molecule has 0 unspecified atom stereocenters. The summed E-state index contributed by atoms with van der Waals surface area (Å²) in [6.45, 7) is 1.14. The SMILES string of the molecule is O[C@H]1CCC[C@@H]1NCC1CCC1. The molecule has 12 heavy (non-hydrogen) atoms. The van der Waals surface area contributed by atoms with Gasteiger partial charge in [0.2, 0.25) is 0 Å². The van der Waals surface area contributed by atoms with E-state index in [-0.39, 0.29) is 6.10 Å². The van der Waals surface area contributed by atoms with E-state index in [1.165, 1.54) is 32.1 Å². The summed E-state index contributed by atoms with van der Waals surface area (Å²) in [5.41, 5.74) is 0. The van der Waals surface area contributed by atoms with Crippen LogP contribution in [0.3, 0.4) is 0 Å². The smallest absolute Gasteiger partial charge is 0.0693 e. The minimum atomic E-state index is -0.0647. The number of hydrogen-bond acceptors (Lipinski definition) is 2. The Labute approximate surface area is 74.4 Å². The second-order valence-electron chi connectivity index (χ2n) is 4.31. The maximum Gasteiger partial charge on any atom is 0.0693 e. The van der Waals surface area contributed by atoms with E-state index in [0.717, 1.165) is 18.9 Å². The summed E-state index contributed by atoms with van der Waals surface area (Å²) >= 11 is 0. The van der Waals surface area contributed by atoms with Gasteiger partial charge in [0.05, 0.1) is 6.10 Å². The van der Waals surface area contributed by atoms with Gasteiger partial charge in [-0.1, -0.05) is 6.42 Å². The highest BCUT2D eigenvalue weighted by molar-refractivity contribution is 4.84. The largest absolute Gasteiger partial charge is 0.392 e. The first-order valence-electron chi connectivity index (χ1n) is 5.28. The van der Waals surface area contributed by atoms with Crippen LogP contribution >= 0.6 is 0 Å². The van der Waals surface area contributed by atoms with Gasteiger partial charge in [0, 0.05) is 6.04 Å². The lowest BCUT2D eigenvalue weighted by molar-refractivity contribution is 0.142. The molecule has 2 N–H and O–H groups in total. The van der Waals surface area contributed by atoms with Gasteiger partial charge >= 0.3 is 0 Å². The third kappa shape index (κ3) is 1.80. The molecular weight excluding hydrogens is 150 g/mol. The molecule has 2 aliphatic carbocycles. The van der Waals surface area contributed by atoms with Crippen molar-refractivity contribution in [3.8, 4) is 0 Å². The highest BCUT2D eigenvalue weighted by atomic mass is 16.3. The normalized spacial score (nSPS) is 36.8. The third-order valence-electron chi connectivity index (χ3n) is 3.37. The molecule has 2 aliphatic rings. The lowest BCUT2D eigenvalue weighted by atomic mass is 9.85. The summed E-state index contributed by atoms with van der Waals surface area (Å²) in [4.78, 5) is 0. The first-order chi connectivity index (χ1) is 5.86. The minimum Gasteiger partial charge on any atom is -0.392 e. The lowest BCUT2D eigenvalue weighted by Crippen LogP contribution is -2.39. The van der Waals surface area contributed by atoms with E-state index in [9.17, 15) is 5.11 Å². The Hall–Kier alpha value is -0.0800. The Balaban J connectivity index is 1.64. The van der Waals surface area contributed by atoms with Gasteiger partial charge in [-0.25, -0.2) is 0 Å². The van der Waals surface area contributed by atoms with Gasteiger partial charge in [0.15, 0.2) is 0 Å². The van der Waals surface area contributed by atoms with Gasteiger partial charge in [0.1, 0.15) is 0 Å². The fraction of sp³-hybridized carbons (Fsp3) is 1.00. The van der Waals surface area contributed by atoms with Crippen molar-refractivity contribution in [3.05, 3.63) is 0 Å². The van der Waals surface area contributed by atoms with Crippen molar-refractivity contribution < 1.29 is 5.11 Å². The topological polar surface area (TPSA) is 32.3 Å². The zero-order valence-corrected chi connectivity index (χ0v) is 7.63.